The van der Waals surface area contributed by atoms with Crippen molar-refractivity contribution in [2.45, 2.75) is 6.92 Å². The topological polar surface area (TPSA) is 24.9 Å². The first-order chi connectivity index (χ1) is 10.3. The van der Waals surface area contributed by atoms with E-state index in [1.807, 2.05) is 6.92 Å². The highest BCUT2D eigenvalue weighted by Gasteiger charge is 2.16. The van der Waals surface area contributed by atoms with Crippen molar-refractivity contribution >= 4 is 0 Å². The molecule has 0 amide bonds. The Morgan fingerprint density at radius 3 is 2.10 bits per heavy atom. The third-order valence-corrected chi connectivity index (χ3v) is 3.71. The maximum atomic E-state index is 12.8. The summed E-state index contributed by atoms with van der Waals surface area (Å²) in [6, 6.07) is 6.18. The molecule has 0 N–H and O–H groups in total. The van der Waals surface area contributed by atoms with Crippen molar-refractivity contribution < 1.29 is 13.9 Å². The Balaban J connectivity index is 1.57. The van der Waals surface area contributed by atoms with Crippen LogP contribution in [-0.2, 0) is 4.74 Å². The minimum absolute atomic E-state index is 0.231. The van der Waals surface area contributed by atoms with Gasteiger partial charge >= 0.3 is 0 Å². The van der Waals surface area contributed by atoms with Crippen LogP contribution in [0.1, 0.15) is 6.92 Å². The number of nitrogens with zero attached hydrogens (tertiary/aromatic N) is 2. The van der Waals surface area contributed by atoms with Crippen LogP contribution in [-0.4, -0.2) is 68.9 Å². The van der Waals surface area contributed by atoms with Gasteiger partial charge in [-0.25, -0.2) is 4.39 Å². The lowest BCUT2D eigenvalue weighted by Gasteiger charge is -2.34. The minimum Gasteiger partial charge on any atom is -0.492 e. The Labute approximate surface area is 126 Å². The minimum atomic E-state index is -0.231. The predicted octanol–water partition coefficient (Wildman–Crippen LogP) is 1.86. The zero-order valence-electron chi connectivity index (χ0n) is 12.8. The Kier molecular flexibility index (Phi) is 6.92. The van der Waals surface area contributed by atoms with Crippen molar-refractivity contribution in [3.63, 3.8) is 0 Å². The first-order valence-corrected chi connectivity index (χ1v) is 7.68. The summed E-state index contributed by atoms with van der Waals surface area (Å²) in [6.07, 6.45) is 0. The van der Waals surface area contributed by atoms with Gasteiger partial charge < -0.3 is 9.47 Å². The van der Waals surface area contributed by atoms with Gasteiger partial charge in [0.05, 0.1) is 6.61 Å². The van der Waals surface area contributed by atoms with Crippen molar-refractivity contribution in [1.29, 1.82) is 0 Å². The number of hydrogen-bond acceptors (Lipinski definition) is 4. The van der Waals surface area contributed by atoms with E-state index in [0.717, 1.165) is 58.2 Å². The van der Waals surface area contributed by atoms with Gasteiger partial charge in [-0.05, 0) is 31.2 Å². The molecule has 0 spiro atoms. The van der Waals surface area contributed by atoms with E-state index in [9.17, 15) is 4.39 Å². The van der Waals surface area contributed by atoms with Gasteiger partial charge in [0.1, 0.15) is 18.2 Å². The smallest absolute Gasteiger partial charge is 0.123 e. The summed E-state index contributed by atoms with van der Waals surface area (Å²) >= 11 is 0. The van der Waals surface area contributed by atoms with E-state index in [4.69, 9.17) is 9.47 Å². The van der Waals surface area contributed by atoms with Gasteiger partial charge in [0.25, 0.3) is 0 Å². The number of halogens is 1. The van der Waals surface area contributed by atoms with Crippen LogP contribution in [0.5, 0.6) is 5.75 Å². The van der Waals surface area contributed by atoms with Crippen LogP contribution in [0.15, 0.2) is 24.3 Å². The van der Waals surface area contributed by atoms with Gasteiger partial charge in [-0.1, -0.05) is 0 Å². The molecule has 1 aromatic carbocycles. The van der Waals surface area contributed by atoms with Crippen LogP contribution in [0, 0.1) is 5.82 Å². The van der Waals surface area contributed by atoms with E-state index < -0.39 is 0 Å². The van der Waals surface area contributed by atoms with Crippen LogP contribution in [0.2, 0.25) is 0 Å². The number of benzene rings is 1. The number of rotatable bonds is 8. The summed E-state index contributed by atoms with van der Waals surface area (Å²) in [5.74, 6) is 0.497. The molecule has 0 radical (unpaired) electrons. The average molecular weight is 296 g/mol. The zero-order chi connectivity index (χ0) is 14.9. The Hall–Kier alpha value is -1.17. The summed E-state index contributed by atoms with van der Waals surface area (Å²) in [6.45, 7) is 10.5. The molecule has 1 aliphatic heterocycles. The maximum absolute atomic E-state index is 12.8. The molecule has 0 aromatic heterocycles. The first-order valence-electron chi connectivity index (χ1n) is 7.68. The fourth-order valence-corrected chi connectivity index (χ4v) is 2.40. The molecule has 4 nitrogen and oxygen atoms in total. The van der Waals surface area contributed by atoms with Gasteiger partial charge in [0.15, 0.2) is 0 Å². The molecule has 1 aromatic rings. The Bertz CT molecular complexity index is 392. The van der Waals surface area contributed by atoms with E-state index in [-0.39, 0.29) is 5.82 Å². The quantitative estimate of drug-likeness (QED) is 0.684. The monoisotopic (exact) mass is 296 g/mol. The first kappa shape index (κ1) is 16.2. The molecule has 2 rings (SSSR count). The summed E-state index contributed by atoms with van der Waals surface area (Å²) in [5.41, 5.74) is 0. The van der Waals surface area contributed by atoms with Gasteiger partial charge in [-0.15, -0.1) is 0 Å². The van der Waals surface area contributed by atoms with Crippen LogP contribution in [0.3, 0.4) is 0 Å². The molecule has 0 bridgehead atoms. The van der Waals surface area contributed by atoms with Gasteiger partial charge in [-0.2, -0.15) is 0 Å². The predicted molar refractivity (Wildman–Crippen MR) is 81.3 cm³/mol. The van der Waals surface area contributed by atoms with E-state index >= 15 is 0 Å². The number of ether oxygens (including phenoxy) is 2. The molecule has 1 fully saturated rings. The summed E-state index contributed by atoms with van der Waals surface area (Å²) in [4.78, 5) is 4.84. The molecular weight excluding hydrogens is 271 g/mol. The molecule has 0 aliphatic carbocycles. The average Bonchev–Trinajstić information content (AvgIpc) is 2.51. The van der Waals surface area contributed by atoms with Crippen molar-refractivity contribution in [3.8, 4) is 5.75 Å². The van der Waals surface area contributed by atoms with E-state index in [1.165, 1.54) is 12.1 Å². The summed E-state index contributed by atoms with van der Waals surface area (Å²) in [7, 11) is 0. The molecule has 21 heavy (non-hydrogen) atoms. The fourth-order valence-electron chi connectivity index (χ4n) is 2.40. The van der Waals surface area contributed by atoms with Gasteiger partial charge in [-0.3, -0.25) is 9.80 Å². The highest BCUT2D eigenvalue weighted by Crippen LogP contribution is 2.11. The SMILES string of the molecule is CCOCCN1CCN(CCOc2ccc(F)cc2)CC1. The normalized spacial score (nSPS) is 17.0. The molecule has 5 heteroatoms. The van der Waals surface area contributed by atoms with Crippen LogP contribution < -0.4 is 4.74 Å². The van der Waals surface area contributed by atoms with Crippen molar-refractivity contribution in [3.05, 3.63) is 30.1 Å². The molecule has 1 saturated heterocycles. The molecule has 0 saturated carbocycles. The van der Waals surface area contributed by atoms with Crippen LogP contribution in [0.25, 0.3) is 0 Å². The maximum Gasteiger partial charge on any atom is 0.123 e. The van der Waals surface area contributed by atoms with Crippen molar-refractivity contribution in [1.82, 2.24) is 9.80 Å². The summed E-state index contributed by atoms with van der Waals surface area (Å²) in [5, 5.41) is 0. The molecule has 1 aliphatic rings. The molecular formula is C16H25FN2O2. The second-order valence-electron chi connectivity index (χ2n) is 5.18. The van der Waals surface area contributed by atoms with Crippen LogP contribution >= 0.6 is 0 Å². The Morgan fingerprint density at radius 2 is 1.52 bits per heavy atom. The lowest BCUT2D eigenvalue weighted by Crippen LogP contribution is -2.48. The fraction of sp³-hybridized carbons (Fsp3) is 0.625. The highest BCUT2D eigenvalue weighted by molar-refractivity contribution is 5.21. The third-order valence-electron chi connectivity index (χ3n) is 3.71. The number of piperazine rings is 1. The number of hydrogen-bond donors (Lipinski definition) is 0. The van der Waals surface area contributed by atoms with E-state index in [0.29, 0.717) is 6.61 Å². The van der Waals surface area contributed by atoms with Crippen LogP contribution in [0.4, 0.5) is 4.39 Å². The van der Waals surface area contributed by atoms with Gasteiger partial charge in [0, 0.05) is 45.9 Å². The lowest BCUT2D eigenvalue weighted by atomic mass is 10.3. The molecule has 0 unspecified atom stereocenters. The van der Waals surface area contributed by atoms with Crippen molar-refractivity contribution in [2.24, 2.45) is 0 Å². The largest absolute Gasteiger partial charge is 0.492 e. The standard InChI is InChI=1S/C16H25FN2O2/c1-2-20-13-11-18-7-9-19(10-8-18)12-14-21-16-5-3-15(17)4-6-16/h3-6H,2,7-14H2,1H3. The second kappa shape index (κ2) is 8.97. The zero-order valence-corrected chi connectivity index (χ0v) is 12.8. The van der Waals surface area contributed by atoms with E-state index in [1.54, 1.807) is 12.1 Å². The third kappa shape index (κ3) is 5.99. The highest BCUT2D eigenvalue weighted by atomic mass is 19.1. The van der Waals surface area contributed by atoms with Crippen molar-refractivity contribution in [2.75, 3.05) is 59.1 Å². The molecule has 1 heterocycles. The lowest BCUT2D eigenvalue weighted by molar-refractivity contribution is 0.0759. The molecule has 0 atom stereocenters. The molecule has 118 valence electrons. The second-order valence-corrected chi connectivity index (χ2v) is 5.18. The van der Waals surface area contributed by atoms with Gasteiger partial charge in [0.2, 0.25) is 0 Å². The summed E-state index contributed by atoms with van der Waals surface area (Å²) < 4.78 is 23.8. The Morgan fingerprint density at radius 1 is 0.952 bits per heavy atom. The van der Waals surface area contributed by atoms with E-state index in [2.05, 4.69) is 9.80 Å².